The average molecular weight is 446 g/mol. The fourth-order valence-electron chi connectivity index (χ4n) is 2.71. The van der Waals surface area contributed by atoms with Crippen LogP contribution >= 0.6 is 0 Å². The van der Waals surface area contributed by atoms with E-state index in [1.54, 1.807) is 43.4 Å². The van der Waals surface area contributed by atoms with Crippen molar-refractivity contribution in [3.63, 3.8) is 0 Å². The highest BCUT2D eigenvalue weighted by molar-refractivity contribution is 7.89. The Bertz CT molecular complexity index is 1150. The van der Waals surface area contributed by atoms with Crippen molar-refractivity contribution in [3.8, 4) is 5.75 Å². The van der Waals surface area contributed by atoms with Crippen molar-refractivity contribution in [1.29, 1.82) is 0 Å². The van der Waals surface area contributed by atoms with E-state index in [4.69, 9.17) is 4.74 Å². The number of rotatable bonds is 7. The molecule has 0 aromatic heterocycles. The second-order valence-electron chi connectivity index (χ2n) is 6.63. The van der Waals surface area contributed by atoms with Gasteiger partial charge in [-0.05, 0) is 54.4 Å². The van der Waals surface area contributed by atoms with Crippen molar-refractivity contribution >= 4 is 21.8 Å². The van der Waals surface area contributed by atoms with Gasteiger partial charge in [-0.1, -0.05) is 30.3 Å². The van der Waals surface area contributed by atoms with E-state index in [2.05, 4.69) is 4.72 Å². The topological polar surface area (TPSA) is 75.7 Å². The number of ether oxygens (including phenoxy) is 1. The van der Waals surface area contributed by atoms with E-state index in [0.717, 1.165) is 17.7 Å². The van der Waals surface area contributed by atoms with Crippen LogP contribution in [0.2, 0.25) is 0 Å². The van der Waals surface area contributed by atoms with Crippen LogP contribution in [0.1, 0.15) is 5.56 Å². The van der Waals surface area contributed by atoms with Crippen LogP contribution in [0.3, 0.4) is 0 Å². The lowest BCUT2D eigenvalue weighted by molar-refractivity contribution is 0.209. The molecule has 0 aliphatic carbocycles. The van der Waals surface area contributed by atoms with Crippen molar-refractivity contribution in [3.05, 3.63) is 90.0 Å². The SMILES string of the molecule is CN(C(=O)Oc1ccc(CCNS(=O)(=O)c2ccc(F)c(F)c2)cc1)c1ccccc1. The van der Waals surface area contributed by atoms with Crippen LogP contribution in [-0.4, -0.2) is 28.1 Å². The Morgan fingerprint density at radius 2 is 1.65 bits per heavy atom. The highest BCUT2D eigenvalue weighted by atomic mass is 32.2. The van der Waals surface area contributed by atoms with E-state index in [1.165, 1.54) is 4.90 Å². The van der Waals surface area contributed by atoms with Crippen molar-refractivity contribution in [2.45, 2.75) is 11.3 Å². The summed E-state index contributed by atoms with van der Waals surface area (Å²) < 4.78 is 58.3. The minimum Gasteiger partial charge on any atom is -0.410 e. The summed E-state index contributed by atoms with van der Waals surface area (Å²) in [6.45, 7) is 0.0528. The maximum absolute atomic E-state index is 13.3. The molecule has 3 aromatic rings. The van der Waals surface area contributed by atoms with Crippen LogP contribution < -0.4 is 14.4 Å². The normalized spacial score (nSPS) is 11.2. The van der Waals surface area contributed by atoms with Gasteiger partial charge in [-0.15, -0.1) is 0 Å². The molecule has 0 radical (unpaired) electrons. The lowest BCUT2D eigenvalue weighted by Gasteiger charge is -2.16. The molecule has 31 heavy (non-hydrogen) atoms. The Kier molecular flexibility index (Phi) is 6.98. The standard InChI is InChI=1S/C22H20F2N2O4S/c1-26(17-5-3-2-4-6-17)22(27)30-18-9-7-16(8-10-18)13-14-25-31(28,29)19-11-12-20(23)21(24)15-19/h2-12,15,25H,13-14H2,1H3. The first-order valence-corrected chi connectivity index (χ1v) is 10.8. The maximum atomic E-state index is 13.3. The molecule has 1 N–H and O–H groups in total. The molecule has 1 amide bonds. The number of nitrogens with one attached hydrogen (secondary N) is 1. The van der Waals surface area contributed by atoms with E-state index in [0.29, 0.717) is 23.9 Å². The lowest BCUT2D eigenvalue weighted by atomic mass is 10.1. The number of carbonyl (C=O) groups is 1. The number of hydrogen-bond acceptors (Lipinski definition) is 4. The second-order valence-corrected chi connectivity index (χ2v) is 8.40. The van der Waals surface area contributed by atoms with Gasteiger partial charge in [-0.25, -0.2) is 26.7 Å². The van der Waals surface area contributed by atoms with Gasteiger partial charge in [0.05, 0.1) is 4.90 Å². The summed E-state index contributed by atoms with van der Waals surface area (Å²) in [7, 11) is -2.36. The fraction of sp³-hybridized carbons (Fsp3) is 0.136. The van der Waals surface area contributed by atoms with Crippen molar-refractivity contribution in [1.82, 2.24) is 4.72 Å². The fourth-order valence-corrected chi connectivity index (χ4v) is 3.75. The number of anilines is 1. The third-order valence-electron chi connectivity index (χ3n) is 4.45. The molecule has 3 rings (SSSR count). The van der Waals surface area contributed by atoms with Crippen molar-refractivity contribution in [2.24, 2.45) is 0 Å². The Hall–Kier alpha value is -3.30. The minimum absolute atomic E-state index is 0.0528. The molecule has 0 fully saturated rings. The lowest BCUT2D eigenvalue weighted by Crippen LogP contribution is -2.29. The Balaban J connectivity index is 1.53. The number of para-hydroxylation sites is 1. The highest BCUT2D eigenvalue weighted by Crippen LogP contribution is 2.17. The number of halogens is 2. The van der Waals surface area contributed by atoms with Gasteiger partial charge in [-0.3, -0.25) is 4.90 Å². The van der Waals surface area contributed by atoms with E-state index >= 15 is 0 Å². The summed E-state index contributed by atoms with van der Waals surface area (Å²) in [5.74, 6) is -2.00. The Labute approximate surface area is 179 Å². The Morgan fingerprint density at radius 3 is 2.29 bits per heavy atom. The largest absolute Gasteiger partial charge is 0.419 e. The van der Waals surface area contributed by atoms with Crippen molar-refractivity contribution < 1.29 is 26.7 Å². The first-order chi connectivity index (χ1) is 14.8. The highest BCUT2D eigenvalue weighted by Gasteiger charge is 2.16. The predicted octanol–water partition coefficient (Wildman–Crippen LogP) is 4.12. The summed E-state index contributed by atoms with van der Waals surface area (Å²) >= 11 is 0. The molecule has 9 heteroatoms. The molecule has 0 aliphatic heterocycles. The zero-order valence-electron chi connectivity index (χ0n) is 16.6. The van der Waals surface area contributed by atoms with Gasteiger partial charge in [-0.2, -0.15) is 0 Å². The molecule has 0 saturated heterocycles. The number of nitrogens with zero attached hydrogens (tertiary/aromatic N) is 1. The van der Waals surface area contributed by atoms with Crippen LogP contribution in [0, 0.1) is 11.6 Å². The first kappa shape index (κ1) is 22.4. The molecule has 0 heterocycles. The first-order valence-electron chi connectivity index (χ1n) is 9.30. The number of benzene rings is 3. The summed E-state index contributed by atoms with van der Waals surface area (Å²) in [5, 5.41) is 0. The summed E-state index contributed by atoms with van der Waals surface area (Å²) in [5.41, 5.74) is 1.49. The zero-order valence-corrected chi connectivity index (χ0v) is 17.4. The van der Waals surface area contributed by atoms with Crippen molar-refractivity contribution in [2.75, 3.05) is 18.5 Å². The molecule has 0 unspecified atom stereocenters. The van der Waals surface area contributed by atoms with E-state index < -0.39 is 27.8 Å². The van der Waals surface area contributed by atoms with Crippen LogP contribution in [0.15, 0.2) is 77.7 Å². The van der Waals surface area contributed by atoms with Gasteiger partial charge in [0.25, 0.3) is 0 Å². The quantitative estimate of drug-likeness (QED) is 0.592. The number of sulfonamides is 1. The van der Waals surface area contributed by atoms with E-state index in [9.17, 15) is 22.0 Å². The summed E-state index contributed by atoms with van der Waals surface area (Å²) in [4.78, 5) is 13.3. The molecular formula is C22H20F2N2O4S. The number of amides is 1. The van der Waals surface area contributed by atoms with E-state index in [-0.39, 0.29) is 11.4 Å². The minimum atomic E-state index is -3.96. The molecule has 3 aromatic carbocycles. The summed E-state index contributed by atoms with van der Waals surface area (Å²) in [6, 6.07) is 18.1. The molecule has 0 aliphatic rings. The molecular weight excluding hydrogens is 426 g/mol. The third-order valence-corrected chi connectivity index (χ3v) is 5.91. The predicted molar refractivity (Wildman–Crippen MR) is 113 cm³/mol. The van der Waals surface area contributed by atoms with Crippen LogP contribution in [-0.2, 0) is 16.4 Å². The average Bonchev–Trinajstić information content (AvgIpc) is 2.76. The summed E-state index contributed by atoms with van der Waals surface area (Å²) in [6.07, 6.45) is -0.195. The maximum Gasteiger partial charge on any atom is 0.419 e. The monoisotopic (exact) mass is 446 g/mol. The molecule has 6 nitrogen and oxygen atoms in total. The van der Waals surface area contributed by atoms with Crippen LogP contribution in [0.25, 0.3) is 0 Å². The van der Waals surface area contributed by atoms with Gasteiger partial charge in [0, 0.05) is 19.3 Å². The van der Waals surface area contributed by atoms with Crippen LogP contribution in [0.5, 0.6) is 5.75 Å². The number of hydrogen-bond donors (Lipinski definition) is 1. The molecule has 0 saturated carbocycles. The molecule has 0 atom stereocenters. The zero-order chi connectivity index (χ0) is 22.4. The number of carbonyl (C=O) groups excluding carboxylic acids is 1. The van der Waals surface area contributed by atoms with Gasteiger partial charge in [0.2, 0.25) is 10.0 Å². The molecule has 162 valence electrons. The van der Waals surface area contributed by atoms with Gasteiger partial charge in [0.1, 0.15) is 5.75 Å². The smallest absolute Gasteiger partial charge is 0.410 e. The third kappa shape index (κ3) is 5.87. The van der Waals surface area contributed by atoms with Gasteiger partial charge < -0.3 is 4.74 Å². The van der Waals surface area contributed by atoms with Gasteiger partial charge in [0.15, 0.2) is 11.6 Å². The van der Waals surface area contributed by atoms with Crippen LogP contribution in [0.4, 0.5) is 19.3 Å². The van der Waals surface area contributed by atoms with Gasteiger partial charge >= 0.3 is 6.09 Å². The second kappa shape index (κ2) is 9.67. The molecule has 0 spiro atoms. The Morgan fingerprint density at radius 1 is 0.968 bits per heavy atom. The molecule has 0 bridgehead atoms. The van der Waals surface area contributed by atoms with E-state index in [1.807, 2.05) is 18.2 Å².